The number of hydrogen-bond donors (Lipinski definition) is 2. The van der Waals surface area contributed by atoms with E-state index in [2.05, 4.69) is 135 Å². The second kappa shape index (κ2) is 10.5. The predicted molar refractivity (Wildman–Crippen MR) is 186 cm³/mol. The highest BCUT2D eigenvalue weighted by molar-refractivity contribution is 6.33. The van der Waals surface area contributed by atoms with Gasteiger partial charge in [0.1, 0.15) is 5.75 Å². The van der Waals surface area contributed by atoms with Crippen LogP contribution in [0.1, 0.15) is 25.0 Å². The standard InChI is InChI=1S/C41H31BO3/c1-41(2)37-24-29(20-22-31(37)32-23-21-30(25-38(32)41)45-42(43)44)40-35-14-8-6-12-33(35)39(34-13-7-9-15-36(34)40)28-18-16-27(17-19-28)26-10-4-3-5-11-26/h3-25,43-44H,1-2H3. The molecule has 0 bridgehead atoms. The highest BCUT2D eigenvalue weighted by Crippen LogP contribution is 2.52. The summed E-state index contributed by atoms with van der Waals surface area (Å²) in [6.45, 7) is 4.44. The first-order valence-electron chi connectivity index (χ1n) is 15.3. The molecule has 8 rings (SSSR count). The lowest BCUT2D eigenvalue weighted by molar-refractivity contribution is 0.288. The zero-order chi connectivity index (χ0) is 30.7. The fourth-order valence-electron chi connectivity index (χ4n) is 7.28. The molecule has 0 amide bonds. The largest absolute Gasteiger partial charge is 0.707 e. The van der Waals surface area contributed by atoms with E-state index in [1.807, 2.05) is 12.1 Å². The summed E-state index contributed by atoms with van der Waals surface area (Å²) in [6.07, 6.45) is 0. The maximum absolute atomic E-state index is 9.38. The third-order valence-electron chi connectivity index (χ3n) is 9.39. The molecule has 7 aromatic rings. The van der Waals surface area contributed by atoms with Gasteiger partial charge in [-0.3, -0.25) is 0 Å². The molecule has 7 aromatic carbocycles. The van der Waals surface area contributed by atoms with Crippen molar-refractivity contribution in [1.82, 2.24) is 0 Å². The molecule has 0 fully saturated rings. The van der Waals surface area contributed by atoms with Gasteiger partial charge in [0.25, 0.3) is 0 Å². The molecular formula is C41H31BO3. The Kier molecular flexibility index (Phi) is 6.38. The van der Waals surface area contributed by atoms with Gasteiger partial charge in [0, 0.05) is 5.41 Å². The summed E-state index contributed by atoms with van der Waals surface area (Å²) in [5, 5.41) is 23.7. The van der Waals surface area contributed by atoms with E-state index in [-0.39, 0.29) is 5.41 Å². The average Bonchev–Trinajstić information content (AvgIpc) is 3.29. The molecule has 0 atom stereocenters. The van der Waals surface area contributed by atoms with Gasteiger partial charge in [-0.15, -0.1) is 0 Å². The lowest BCUT2D eigenvalue weighted by Gasteiger charge is -2.23. The average molecular weight is 583 g/mol. The SMILES string of the molecule is CC1(C)c2cc(OB(O)O)ccc2-c2ccc(-c3c4ccccc4c(-c4ccc(-c5ccccc5)cc4)c4ccccc34)cc21. The Morgan fingerprint density at radius 1 is 0.467 bits per heavy atom. The summed E-state index contributed by atoms with van der Waals surface area (Å²) in [5.74, 6) is 0.439. The van der Waals surface area contributed by atoms with Crippen molar-refractivity contribution in [3.63, 3.8) is 0 Å². The van der Waals surface area contributed by atoms with E-state index < -0.39 is 7.32 Å². The maximum atomic E-state index is 9.38. The Bertz CT molecular complexity index is 2180. The predicted octanol–water partition coefficient (Wildman–Crippen LogP) is 9.65. The minimum atomic E-state index is -1.85. The third-order valence-corrected chi connectivity index (χ3v) is 9.39. The molecule has 4 heteroatoms. The van der Waals surface area contributed by atoms with Gasteiger partial charge in [-0.25, -0.2) is 0 Å². The summed E-state index contributed by atoms with van der Waals surface area (Å²) < 4.78 is 5.21. The summed E-state index contributed by atoms with van der Waals surface area (Å²) in [4.78, 5) is 0. The normalized spacial score (nSPS) is 13.1. The molecule has 1 aliphatic carbocycles. The van der Waals surface area contributed by atoms with Crippen LogP contribution in [0.2, 0.25) is 0 Å². The first-order valence-corrected chi connectivity index (χ1v) is 15.3. The zero-order valence-corrected chi connectivity index (χ0v) is 25.2. The number of fused-ring (bicyclic) bond motifs is 5. The molecule has 0 saturated heterocycles. The van der Waals surface area contributed by atoms with Crippen LogP contribution < -0.4 is 4.65 Å². The van der Waals surface area contributed by atoms with E-state index in [4.69, 9.17) is 4.65 Å². The van der Waals surface area contributed by atoms with Crippen LogP contribution in [0.5, 0.6) is 5.75 Å². The van der Waals surface area contributed by atoms with Crippen molar-refractivity contribution in [3.8, 4) is 50.3 Å². The Hall–Kier alpha value is -5.16. The fourth-order valence-corrected chi connectivity index (χ4v) is 7.28. The molecule has 45 heavy (non-hydrogen) atoms. The van der Waals surface area contributed by atoms with E-state index in [1.54, 1.807) is 6.07 Å². The third kappa shape index (κ3) is 4.45. The molecular weight excluding hydrogens is 551 g/mol. The second-order valence-corrected chi connectivity index (χ2v) is 12.3. The first kappa shape index (κ1) is 27.4. The maximum Gasteiger partial charge on any atom is 0.707 e. The molecule has 0 saturated carbocycles. The van der Waals surface area contributed by atoms with Crippen LogP contribution in [-0.4, -0.2) is 17.4 Å². The van der Waals surface area contributed by atoms with E-state index >= 15 is 0 Å². The Balaban J connectivity index is 1.31. The van der Waals surface area contributed by atoms with Gasteiger partial charge in [-0.1, -0.05) is 135 Å². The lowest BCUT2D eigenvalue weighted by atomic mass is 9.80. The van der Waals surface area contributed by atoms with E-state index in [0.717, 1.165) is 11.1 Å². The van der Waals surface area contributed by atoms with Crippen LogP contribution in [-0.2, 0) is 5.41 Å². The Labute approximate surface area is 263 Å². The van der Waals surface area contributed by atoms with Gasteiger partial charge in [0.2, 0.25) is 0 Å². The first-order chi connectivity index (χ1) is 21.9. The van der Waals surface area contributed by atoms with Crippen molar-refractivity contribution >= 4 is 28.9 Å². The highest BCUT2D eigenvalue weighted by atomic mass is 16.6. The summed E-state index contributed by atoms with van der Waals surface area (Å²) in [6, 6.07) is 49.5. The number of benzene rings is 7. The van der Waals surface area contributed by atoms with Crippen molar-refractivity contribution in [1.29, 1.82) is 0 Å². The topological polar surface area (TPSA) is 49.7 Å². The number of rotatable bonds is 5. The molecule has 3 nitrogen and oxygen atoms in total. The van der Waals surface area contributed by atoms with E-state index in [1.165, 1.54) is 66.1 Å². The van der Waals surface area contributed by atoms with Crippen molar-refractivity contribution in [2.45, 2.75) is 19.3 Å². The molecule has 0 aromatic heterocycles. The molecule has 1 aliphatic rings. The van der Waals surface area contributed by atoms with Crippen LogP contribution in [0.3, 0.4) is 0 Å². The van der Waals surface area contributed by atoms with Crippen LogP contribution in [0.25, 0.3) is 66.1 Å². The molecule has 0 radical (unpaired) electrons. The molecule has 2 N–H and O–H groups in total. The van der Waals surface area contributed by atoms with Gasteiger partial charge in [0.15, 0.2) is 0 Å². The second-order valence-electron chi connectivity index (χ2n) is 12.3. The smallest absolute Gasteiger partial charge is 0.512 e. The molecule has 0 aliphatic heterocycles. The molecule has 0 unspecified atom stereocenters. The van der Waals surface area contributed by atoms with Crippen molar-refractivity contribution in [2.24, 2.45) is 0 Å². The Morgan fingerprint density at radius 2 is 0.911 bits per heavy atom. The lowest BCUT2D eigenvalue weighted by Crippen LogP contribution is -2.21. The summed E-state index contributed by atoms with van der Waals surface area (Å²) in [7, 11) is -1.85. The van der Waals surface area contributed by atoms with E-state index in [0.29, 0.717) is 5.75 Å². The van der Waals surface area contributed by atoms with Gasteiger partial charge in [-0.2, -0.15) is 0 Å². The van der Waals surface area contributed by atoms with Crippen LogP contribution >= 0.6 is 0 Å². The fraction of sp³-hybridized carbons (Fsp3) is 0.0732. The summed E-state index contributed by atoms with van der Waals surface area (Å²) in [5.41, 5.74) is 11.7. The van der Waals surface area contributed by atoms with Crippen molar-refractivity contribution in [3.05, 3.63) is 151 Å². The molecule has 0 spiro atoms. The monoisotopic (exact) mass is 582 g/mol. The van der Waals surface area contributed by atoms with Gasteiger partial charge in [0.05, 0.1) is 0 Å². The molecule has 0 heterocycles. The number of hydrogen-bond acceptors (Lipinski definition) is 3. The minimum Gasteiger partial charge on any atom is -0.512 e. The quantitative estimate of drug-likeness (QED) is 0.157. The van der Waals surface area contributed by atoms with Crippen molar-refractivity contribution < 1.29 is 14.7 Å². The van der Waals surface area contributed by atoms with E-state index in [9.17, 15) is 10.0 Å². The molecule has 216 valence electrons. The van der Waals surface area contributed by atoms with Gasteiger partial charge in [-0.05, 0) is 95.4 Å². The highest BCUT2D eigenvalue weighted by Gasteiger charge is 2.36. The van der Waals surface area contributed by atoms with Crippen LogP contribution in [0, 0.1) is 0 Å². The zero-order valence-electron chi connectivity index (χ0n) is 25.2. The van der Waals surface area contributed by atoms with Crippen LogP contribution in [0.4, 0.5) is 0 Å². The summed E-state index contributed by atoms with van der Waals surface area (Å²) >= 11 is 0. The Morgan fingerprint density at radius 3 is 1.49 bits per heavy atom. The van der Waals surface area contributed by atoms with Gasteiger partial charge < -0.3 is 14.7 Å². The van der Waals surface area contributed by atoms with Crippen molar-refractivity contribution in [2.75, 3.05) is 0 Å². The minimum absolute atomic E-state index is 0.299. The van der Waals surface area contributed by atoms with Crippen LogP contribution in [0.15, 0.2) is 140 Å². The van der Waals surface area contributed by atoms with Gasteiger partial charge >= 0.3 is 7.32 Å².